The lowest BCUT2D eigenvalue weighted by molar-refractivity contribution is 0.815. The van der Waals surface area contributed by atoms with E-state index in [2.05, 4.69) is 153 Å². The lowest BCUT2D eigenvalue weighted by Crippen LogP contribution is -2.07. The second-order valence-electron chi connectivity index (χ2n) is 12.8. The molecule has 236 valence electrons. The Kier molecular flexibility index (Phi) is 8.25. The van der Waals surface area contributed by atoms with E-state index >= 15 is 0 Å². The van der Waals surface area contributed by atoms with Crippen molar-refractivity contribution in [2.75, 3.05) is 0 Å². The molecule has 3 heteroatoms. The number of nitrogens with zero attached hydrogens (tertiary/aromatic N) is 3. The number of hydrogen-bond acceptors (Lipinski definition) is 3. The van der Waals surface area contributed by atoms with E-state index in [9.17, 15) is 0 Å². The fourth-order valence-electron chi connectivity index (χ4n) is 6.80. The molecule has 0 radical (unpaired) electrons. The minimum Gasteiger partial charge on any atom is -0.212 e. The van der Waals surface area contributed by atoms with Crippen LogP contribution < -0.4 is 0 Å². The van der Waals surface area contributed by atoms with Crippen LogP contribution in [0.2, 0.25) is 0 Å². The van der Waals surface area contributed by atoms with Crippen molar-refractivity contribution in [3.63, 3.8) is 0 Å². The summed E-state index contributed by atoms with van der Waals surface area (Å²) in [5.41, 5.74) is 6.87. The molecule has 1 aliphatic carbocycles. The van der Waals surface area contributed by atoms with Crippen molar-refractivity contribution in [3.8, 4) is 22.5 Å². The summed E-state index contributed by atoms with van der Waals surface area (Å²) < 4.78 is 0. The van der Waals surface area contributed by atoms with Gasteiger partial charge in [0.05, 0.1) is 0 Å². The first-order chi connectivity index (χ1) is 24.1. The third-order valence-corrected chi connectivity index (χ3v) is 9.49. The van der Waals surface area contributed by atoms with E-state index in [4.69, 9.17) is 15.0 Å². The molecule has 0 fully saturated rings. The number of fused-ring (bicyclic) bond motifs is 6. The summed E-state index contributed by atoms with van der Waals surface area (Å²) >= 11 is 0. The molecule has 3 nitrogen and oxygen atoms in total. The van der Waals surface area contributed by atoms with Gasteiger partial charge in [-0.1, -0.05) is 153 Å². The van der Waals surface area contributed by atoms with Gasteiger partial charge in [0, 0.05) is 17.1 Å². The Morgan fingerprint density at radius 3 is 1.94 bits per heavy atom. The minimum absolute atomic E-state index is 0.0104. The molecule has 0 aliphatic heterocycles. The second kappa shape index (κ2) is 13.3. The molecule has 0 saturated heterocycles. The van der Waals surface area contributed by atoms with E-state index in [-0.39, 0.29) is 5.92 Å². The summed E-state index contributed by atoms with van der Waals surface area (Å²) in [4.78, 5) is 14.7. The maximum atomic E-state index is 4.93. The van der Waals surface area contributed by atoms with Gasteiger partial charge in [0.25, 0.3) is 0 Å². The Balaban J connectivity index is 1.09. The van der Waals surface area contributed by atoms with Gasteiger partial charge in [0.15, 0.2) is 11.6 Å². The molecule has 0 amide bonds. The molecular formula is C46H37N3. The van der Waals surface area contributed by atoms with Crippen molar-refractivity contribution in [3.05, 3.63) is 175 Å². The van der Waals surface area contributed by atoms with Gasteiger partial charge in [0.1, 0.15) is 5.82 Å². The van der Waals surface area contributed by atoms with E-state index in [0.717, 1.165) is 35.6 Å². The van der Waals surface area contributed by atoms with Gasteiger partial charge in [-0.15, -0.1) is 0 Å². The molecule has 1 atom stereocenters. The summed E-state index contributed by atoms with van der Waals surface area (Å²) in [5.74, 6) is 2.22. The highest BCUT2D eigenvalue weighted by Gasteiger charge is 2.15. The standard InChI is InChI=1S/C46H37N3/c1-31(15-13-16-32(2)44-47-45(33-17-5-3-6-18-33)49-46(48-44)34-19-7-4-8-20-34)35-21-14-22-36(29-35)37-27-28-42-40-25-10-9-23-38(40)39-24-11-12-26-41(39)43(42)30-37/h3,5-7,9-30,32H,4,8H2,1-2H3/b16-13-,31-15+. The van der Waals surface area contributed by atoms with Crippen LogP contribution in [0.25, 0.3) is 66.0 Å². The van der Waals surface area contributed by atoms with Crippen LogP contribution >= 0.6 is 0 Å². The predicted molar refractivity (Wildman–Crippen MR) is 207 cm³/mol. The topological polar surface area (TPSA) is 38.7 Å². The van der Waals surface area contributed by atoms with Gasteiger partial charge in [0.2, 0.25) is 0 Å². The number of benzene rings is 6. The van der Waals surface area contributed by atoms with Crippen molar-refractivity contribution in [1.29, 1.82) is 0 Å². The molecule has 1 heterocycles. The largest absolute Gasteiger partial charge is 0.212 e. The first kappa shape index (κ1) is 30.4. The Bertz CT molecular complexity index is 2430. The summed E-state index contributed by atoms with van der Waals surface area (Å²) in [6.07, 6.45) is 15.1. The summed E-state index contributed by atoms with van der Waals surface area (Å²) in [7, 11) is 0. The number of aromatic nitrogens is 3. The minimum atomic E-state index is 0.0104. The Morgan fingerprint density at radius 2 is 1.22 bits per heavy atom. The average Bonchev–Trinajstić information content (AvgIpc) is 3.18. The molecule has 1 unspecified atom stereocenters. The van der Waals surface area contributed by atoms with E-state index in [1.54, 1.807) is 0 Å². The van der Waals surface area contributed by atoms with Gasteiger partial charge in [-0.05, 0) is 86.5 Å². The van der Waals surface area contributed by atoms with E-state index in [0.29, 0.717) is 5.82 Å². The molecule has 0 saturated carbocycles. The van der Waals surface area contributed by atoms with Crippen LogP contribution in [-0.4, -0.2) is 15.0 Å². The molecule has 0 spiro atoms. The molecule has 1 aromatic heterocycles. The van der Waals surface area contributed by atoms with Crippen LogP contribution in [0.1, 0.15) is 49.8 Å². The van der Waals surface area contributed by atoms with Crippen LogP contribution in [0.5, 0.6) is 0 Å². The Labute approximate surface area is 287 Å². The van der Waals surface area contributed by atoms with Gasteiger partial charge in [-0.2, -0.15) is 0 Å². The zero-order valence-electron chi connectivity index (χ0n) is 27.8. The van der Waals surface area contributed by atoms with Crippen molar-refractivity contribution < 1.29 is 0 Å². The lowest BCUT2D eigenvalue weighted by Gasteiger charge is -2.13. The smallest absolute Gasteiger partial charge is 0.163 e. The number of hydrogen-bond donors (Lipinski definition) is 0. The fourth-order valence-corrected chi connectivity index (χ4v) is 6.80. The zero-order valence-corrected chi connectivity index (χ0v) is 27.8. The maximum Gasteiger partial charge on any atom is 0.163 e. The van der Waals surface area contributed by atoms with Crippen LogP contribution in [0.15, 0.2) is 158 Å². The first-order valence-electron chi connectivity index (χ1n) is 17.1. The van der Waals surface area contributed by atoms with Crippen LogP contribution in [0.3, 0.4) is 0 Å². The summed E-state index contributed by atoms with van der Waals surface area (Å²) in [6, 6.07) is 43.4. The quantitative estimate of drug-likeness (QED) is 0.130. The van der Waals surface area contributed by atoms with E-state index in [1.165, 1.54) is 54.6 Å². The molecule has 0 N–H and O–H groups in total. The molecule has 49 heavy (non-hydrogen) atoms. The highest BCUT2D eigenvalue weighted by atomic mass is 15.0. The SMILES string of the molecule is C/C(=C\C=C/C(C)c1nc(C2=CCCC=C2)nc(-c2ccccc2)n1)c1cccc(-c2ccc3c4ccccc4c4ccccc4c3c2)c1. The van der Waals surface area contributed by atoms with Crippen molar-refractivity contribution >= 4 is 43.5 Å². The average molecular weight is 632 g/mol. The van der Waals surface area contributed by atoms with Crippen LogP contribution in [-0.2, 0) is 0 Å². The molecule has 1 aliphatic rings. The van der Waals surface area contributed by atoms with Crippen LogP contribution in [0, 0.1) is 0 Å². The lowest BCUT2D eigenvalue weighted by atomic mass is 9.91. The molecule has 6 aromatic carbocycles. The van der Waals surface area contributed by atoms with Gasteiger partial charge in [-0.25, -0.2) is 15.0 Å². The Hall–Kier alpha value is -5.93. The summed E-state index contributed by atoms with van der Waals surface area (Å²) in [5, 5.41) is 7.76. The normalized spacial score (nSPS) is 14.2. The van der Waals surface area contributed by atoms with Crippen molar-refractivity contribution in [1.82, 2.24) is 15.0 Å². The van der Waals surface area contributed by atoms with E-state index < -0.39 is 0 Å². The summed E-state index contributed by atoms with van der Waals surface area (Å²) in [6.45, 7) is 4.32. The number of rotatable bonds is 7. The number of allylic oxidation sites excluding steroid dienone is 8. The maximum absolute atomic E-state index is 4.93. The molecule has 0 bridgehead atoms. The highest BCUT2D eigenvalue weighted by Crippen LogP contribution is 2.37. The van der Waals surface area contributed by atoms with Gasteiger partial charge >= 0.3 is 0 Å². The van der Waals surface area contributed by atoms with Crippen molar-refractivity contribution in [2.45, 2.75) is 32.6 Å². The predicted octanol–water partition coefficient (Wildman–Crippen LogP) is 12.2. The van der Waals surface area contributed by atoms with Gasteiger partial charge in [-0.3, -0.25) is 0 Å². The fraction of sp³-hybridized carbons (Fsp3) is 0.109. The Morgan fingerprint density at radius 1 is 0.592 bits per heavy atom. The highest BCUT2D eigenvalue weighted by molar-refractivity contribution is 6.25. The van der Waals surface area contributed by atoms with Crippen LogP contribution in [0.4, 0.5) is 0 Å². The molecule has 7 aromatic rings. The van der Waals surface area contributed by atoms with Crippen molar-refractivity contribution in [2.24, 2.45) is 0 Å². The monoisotopic (exact) mass is 631 g/mol. The third-order valence-electron chi connectivity index (χ3n) is 9.49. The molecular weight excluding hydrogens is 595 g/mol. The molecule has 8 rings (SSSR count). The first-order valence-corrected chi connectivity index (χ1v) is 17.1. The second-order valence-corrected chi connectivity index (χ2v) is 12.8. The van der Waals surface area contributed by atoms with E-state index in [1.807, 2.05) is 18.2 Å². The zero-order chi connectivity index (χ0) is 33.2. The van der Waals surface area contributed by atoms with Gasteiger partial charge < -0.3 is 0 Å². The third kappa shape index (κ3) is 6.12.